The third kappa shape index (κ3) is 4.23. The molecule has 80 valence electrons. The lowest BCUT2D eigenvalue weighted by molar-refractivity contribution is -0.127. The molecule has 3 nitrogen and oxygen atoms in total. The van der Waals surface area contributed by atoms with Gasteiger partial charge >= 0.3 is 0 Å². The zero-order valence-electron chi connectivity index (χ0n) is 8.99. The smallest absolute Gasteiger partial charge is 0.249 e. The predicted molar refractivity (Wildman–Crippen MR) is 57.9 cm³/mol. The summed E-state index contributed by atoms with van der Waals surface area (Å²) in [6, 6.07) is 0. The maximum atomic E-state index is 11.7. The van der Waals surface area contributed by atoms with E-state index in [1.807, 2.05) is 13.0 Å². The number of hydrogen-bond donors (Lipinski definition) is 1. The Morgan fingerprint density at radius 3 is 2.64 bits per heavy atom. The molecule has 3 heteroatoms. The maximum Gasteiger partial charge on any atom is 0.249 e. The lowest BCUT2D eigenvalue weighted by Crippen LogP contribution is -2.34. The molecule has 0 fully saturated rings. The molecule has 14 heavy (non-hydrogen) atoms. The zero-order chi connectivity index (χ0) is 11.0. The van der Waals surface area contributed by atoms with Gasteiger partial charge in [0.05, 0.1) is 6.61 Å². The Kier molecular flexibility index (Phi) is 6.76. The van der Waals surface area contributed by atoms with Gasteiger partial charge in [-0.15, -0.1) is 6.58 Å². The molecule has 0 saturated carbocycles. The summed E-state index contributed by atoms with van der Waals surface area (Å²) in [5.41, 5.74) is 0.725. The van der Waals surface area contributed by atoms with Gasteiger partial charge in [-0.2, -0.15) is 0 Å². The van der Waals surface area contributed by atoms with Crippen LogP contribution in [0.5, 0.6) is 0 Å². The third-order valence-electron chi connectivity index (χ3n) is 1.85. The Balaban J connectivity index is 4.41. The lowest BCUT2D eigenvalue weighted by atomic mass is 10.2. The van der Waals surface area contributed by atoms with Crippen molar-refractivity contribution in [3.63, 3.8) is 0 Å². The van der Waals surface area contributed by atoms with Crippen molar-refractivity contribution in [3.05, 3.63) is 24.3 Å². The summed E-state index contributed by atoms with van der Waals surface area (Å²) < 4.78 is 0. The number of nitrogens with zero attached hydrogens (tertiary/aromatic N) is 1. The van der Waals surface area contributed by atoms with Gasteiger partial charge in [-0.25, -0.2) is 0 Å². The minimum absolute atomic E-state index is 0.0149. The minimum Gasteiger partial charge on any atom is -0.395 e. The van der Waals surface area contributed by atoms with Gasteiger partial charge in [0.25, 0.3) is 0 Å². The fourth-order valence-electron chi connectivity index (χ4n) is 1.20. The number of carbonyl (C=O) groups excluding carboxylic acids is 1. The molecule has 0 aromatic heterocycles. The number of allylic oxidation sites excluding steroid dienone is 1. The molecular formula is C11H19NO2. The second kappa shape index (κ2) is 7.33. The van der Waals surface area contributed by atoms with Crippen LogP contribution in [0.3, 0.4) is 0 Å². The van der Waals surface area contributed by atoms with E-state index in [2.05, 4.69) is 6.58 Å². The summed E-state index contributed by atoms with van der Waals surface area (Å²) in [7, 11) is 0. The molecule has 0 aliphatic carbocycles. The van der Waals surface area contributed by atoms with Crippen molar-refractivity contribution in [2.75, 3.05) is 19.7 Å². The van der Waals surface area contributed by atoms with Gasteiger partial charge in [0.2, 0.25) is 5.91 Å². The van der Waals surface area contributed by atoms with Gasteiger partial charge in [0.15, 0.2) is 0 Å². The van der Waals surface area contributed by atoms with Crippen molar-refractivity contribution >= 4 is 5.91 Å². The van der Waals surface area contributed by atoms with Crippen molar-refractivity contribution in [1.82, 2.24) is 4.90 Å². The average Bonchev–Trinajstić information content (AvgIpc) is 2.17. The summed E-state index contributed by atoms with van der Waals surface area (Å²) in [5, 5.41) is 8.78. The first-order valence-electron chi connectivity index (χ1n) is 4.85. The van der Waals surface area contributed by atoms with Gasteiger partial charge < -0.3 is 10.0 Å². The Morgan fingerprint density at radius 1 is 1.57 bits per heavy atom. The van der Waals surface area contributed by atoms with Crippen molar-refractivity contribution in [3.8, 4) is 0 Å². The lowest BCUT2D eigenvalue weighted by Gasteiger charge is -2.20. The Morgan fingerprint density at radius 2 is 2.21 bits per heavy atom. The van der Waals surface area contributed by atoms with Crippen LogP contribution in [0, 0.1) is 0 Å². The molecule has 1 N–H and O–H groups in total. The van der Waals surface area contributed by atoms with Crippen LogP contribution in [0.4, 0.5) is 0 Å². The molecule has 0 bridgehead atoms. The SMILES string of the molecule is C=CCN(CCO)C(=O)/C(C)=C\CC. The second-order valence-corrected chi connectivity index (χ2v) is 3.06. The average molecular weight is 197 g/mol. The number of rotatable bonds is 6. The van der Waals surface area contributed by atoms with E-state index in [0.717, 1.165) is 12.0 Å². The number of hydrogen-bond acceptors (Lipinski definition) is 2. The Hall–Kier alpha value is -1.09. The van der Waals surface area contributed by atoms with Gasteiger partial charge in [0, 0.05) is 18.7 Å². The fraction of sp³-hybridized carbons (Fsp3) is 0.545. The highest BCUT2D eigenvalue weighted by atomic mass is 16.3. The monoisotopic (exact) mass is 197 g/mol. The summed E-state index contributed by atoms with van der Waals surface area (Å²) in [5.74, 6) is -0.0270. The summed E-state index contributed by atoms with van der Waals surface area (Å²) in [6.45, 7) is 8.18. The van der Waals surface area contributed by atoms with E-state index >= 15 is 0 Å². The van der Waals surface area contributed by atoms with Crippen LogP contribution in [0.2, 0.25) is 0 Å². The Bertz CT molecular complexity index is 221. The van der Waals surface area contributed by atoms with Crippen molar-refractivity contribution in [1.29, 1.82) is 0 Å². The quantitative estimate of drug-likeness (QED) is 0.516. The molecular weight excluding hydrogens is 178 g/mol. The second-order valence-electron chi connectivity index (χ2n) is 3.06. The summed E-state index contributed by atoms with van der Waals surface area (Å²) in [6.07, 6.45) is 4.39. The maximum absolute atomic E-state index is 11.7. The fourth-order valence-corrected chi connectivity index (χ4v) is 1.20. The third-order valence-corrected chi connectivity index (χ3v) is 1.85. The van der Waals surface area contributed by atoms with Crippen molar-refractivity contribution in [2.45, 2.75) is 20.3 Å². The standard InChI is InChI=1S/C11H19NO2/c1-4-6-10(3)11(14)12(7-5-2)8-9-13/h5-6,13H,2,4,7-9H2,1,3H3/b10-6-. The highest BCUT2D eigenvalue weighted by molar-refractivity contribution is 5.92. The predicted octanol–water partition coefficient (Wildman–Crippen LogP) is 1.35. The molecule has 0 aromatic carbocycles. The Labute approximate surface area is 85.7 Å². The van der Waals surface area contributed by atoms with E-state index in [-0.39, 0.29) is 12.5 Å². The normalized spacial score (nSPS) is 11.2. The van der Waals surface area contributed by atoms with E-state index in [1.165, 1.54) is 0 Å². The first-order chi connectivity index (χ1) is 6.67. The van der Waals surface area contributed by atoms with E-state index < -0.39 is 0 Å². The van der Waals surface area contributed by atoms with E-state index in [1.54, 1.807) is 17.9 Å². The molecule has 0 saturated heterocycles. The van der Waals surface area contributed by atoms with Crippen LogP contribution in [0.25, 0.3) is 0 Å². The zero-order valence-corrected chi connectivity index (χ0v) is 8.99. The van der Waals surface area contributed by atoms with Crippen molar-refractivity contribution < 1.29 is 9.90 Å². The van der Waals surface area contributed by atoms with Gasteiger partial charge in [-0.1, -0.05) is 19.1 Å². The van der Waals surface area contributed by atoms with E-state index in [4.69, 9.17) is 5.11 Å². The van der Waals surface area contributed by atoms with Crippen LogP contribution in [0.1, 0.15) is 20.3 Å². The summed E-state index contributed by atoms with van der Waals surface area (Å²) >= 11 is 0. The highest BCUT2D eigenvalue weighted by Gasteiger charge is 2.12. The molecule has 0 rings (SSSR count). The molecule has 0 aliphatic rings. The molecule has 0 radical (unpaired) electrons. The molecule has 1 amide bonds. The number of aliphatic hydroxyl groups excluding tert-OH is 1. The van der Waals surface area contributed by atoms with Gasteiger partial charge in [0.1, 0.15) is 0 Å². The molecule has 0 aromatic rings. The number of aliphatic hydroxyl groups is 1. The minimum atomic E-state index is -0.0270. The number of carbonyl (C=O) groups is 1. The largest absolute Gasteiger partial charge is 0.395 e. The topological polar surface area (TPSA) is 40.5 Å². The first kappa shape index (κ1) is 12.9. The van der Waals surface area contributed by atoms with Gasteiger partial charge in [-0.05, 0) is 13.3 Å². The van der Waals surface area contributed by atoms with Crippen LogP contribution in [-0.4, -0.2) is 35.6 Å². The number of amides is 1. The van der Waals surface area contributed by atoms with E-state index in [9.17, 15) is 4.79 Å². The molecule has 0 heterocycles. The molecule has 0 atom stereocenters. The van der Waals surface area contributed by atoms with Crippen LogP contribution in [-0.2, 0) is 4.79 Å². The molecule has 0 unspecified atom stereocenters. The van der Waals surface area contributed by atoms with Gasteiger partial charge in [-0.3, -0.25) is 4.79 Å². The first-order valence-corrected chi connectivity index (χ1v) is 4.85. The molecule has 0 spiro atoms. The molecule has 0 aliphatic heterocycles. The van der Waals surface area contributed by atoms with Crippen LogP contribution in [0.15, 0.2) is 24.3 Å². The van der Waals surface area contributed by atoms with Crippen LogP contribution >= 0.6 is 0 Å². The van der Waals surface area contributed by atoms with Crippen LogP contribution < -0.4 is 0 Å². The summed E-state index contributed by atoms with van der Waals surface area (Å²) in [4.78, 5) is 13.3. The highest BCUT2D eigenvalue weighted by Crippen LogP contribution is 2.02. The van der Waals surface area contributed by atoms with Crippen molar-refractivity contribution in [2.24, 2.45) is 0 Å². The van der Waals surface area contributed by atoms with E-state index in [0.29, 0.717) is 13.1 Å².